The minimum absolute atomic E-state index is 0.0324. The van der Waals surface area contributed by atoms with Gasteiger partial charge in [0.15, 0.2) is 0 Å². The summed E-state index contributed by atoms with van der Waals surface area (Å²) in [5.41, 5.74) is 0. The predicted octanol–water partition coefficient (Wildman–Crippen LogP) is 10.8. The predicted molar refractivity (Wildman–Crippen MR) is 175 cm³/mol. The lowest BCUT2D eigenvalue weighted by molar-refractivity contribution is -0.143. The van der Waals surface area contributed by atoms with E-state index < -0.39 is 0 Å². The zero-order valence-electron chi connectivity index (χ0n) is 26.8. The van der Waals surface area contributed by atoms with Gasteiger partial charge in [0.1, 0.15) is 6.61 Å². The second kappa shape index (κ2) is 28.9. The van der Waals surface area contributed by atoms with Gasteiger partial charge in [0.05, 0.1) is 18.9 Å². The molecule has 0 aromatic carbocycles. The highest BCUT2D eigenvalue weighted by Crippen LogP contribution is 2.13. The van der Waals surface area contributed by atoms with Gasteiger partial charge >= 0.3 is 5.97 Å². The van der Waals surface area contributed by atoms with Crippen LogP contribution in [0.1, 0.15) is 168 Å². The Balaban J connectivity index is 1.91. The number of ether oxygens (including phenoxy) is 1. The van der Waals surface area contributed by atoms with Crippen molar-refractivity contribution in [3.8, 4) is 0 Å². The van der Waals surface area contributed by atoms with Crippen LogP contribution < -0.4 is 0 Å². The molecule has 0 radical (unpaired) electrons. The summed E-state index contributed by atoms with van der Waals surface area (Å²) in [7, 11) is 0. The molecule has 232 valence electrons. The Morgan fingerprint density at radius 1 is 0.675 bits per heavy atom. The minimum atomic E-state index is -0.0324. The number of unbranched alkanes of at least 4 members (excludes halogenated alkanes) is 18. The SMILES string of the molecule is CCCCCC/C=C/CCCCCCCC(=O)OCCN1CCN=C1CCCCCCC/C=C/CCCCCC. The number of nitrogens with zero attached hydrogens (tertiary/aromatic N) is 2. The van der Waals surface area contributed by atoms with Gasteiger partial charge in [-0.1, -0.05) is 115 Å². The molecule has 40 heavy (non-hydrogen) atoms. The average molecular weight is 559 g/mol. The lowest BCUT2D eigenvalue weighted by atomic mass is 10.1. The first-order chi connectivity index (χ1) is 19.8. The zero-order valence-corrected chi connectivity index (χ0v) is 26.8. The van der Waals surface area contributed by atoms with Crippen molar-refractivity contribution in [2.75, 3.05) is 26.2 Å². The van der Waals surface area contributed by atoms with Crippen LogP contribution in [0.3, 0.4) is 0 Å². The molecule has 0 saturated carbocycles. The quantitative estimate of drug-likeness (QED) is 0.0521. The van der Waals surface area contributed by atoms with E-state index in [1.165, 1.54) is 134 Å². The summed E-state index contributed by atoms with van der Waals surface area (Å²) in [6.07, 6.45) is 39.2. The molecule has 0 spiro atoms. The second-order valence-electron chi connectivity index (χ2n) is 11.8. The molecule has 1 aliphatic heterocycles. The van der Waals surface area contributed by atoms with Crippen molar-refractivity contribution >= 4 is 11.8 Å². The number of amidine groups is 1. The van der Waals surface area contributed by atoms with Gasteiger partial charge in [0.25, 0.3) is 0 Å². The van der Waals surface area contributed by atoms with Crippen LogP contribution in [0.5, 0.6) is 0 Å². The maximum atomic E-state index is 12.1. The molecule has 4 heteroatoms. The highest BCUT2D eigenvalue weighted by Gasteiger charge is 2.16. The van der Waals surface area contributed by atoms with Gasteiger partial charge in [-0.3, -0.25) is 9.79 Å². The molecule has 0 unspecified atom stereocenters. The summed E-state index contributed by atoms with van der Waals surface area (Å²) >= 11 is 0. The van der Waals surface area contributed by atoms with Crippen LogP contribution >= 0.6 is 0 Å². The highest BCUT2D eigenvalue weighted by molar-refractivity contribution is 5.83. The Morgan fingerprint density at radius 3 is 1.70 bits per heavy atom. The molecule has 0 amide bonds. The Kier molecular flexibility index (Phi) is 26.4. The van der Waals surface area contributed by atoms with Gasteiger partial charge in [-0.25, -0.2) is 0 Å². The van der Waals surface area contributed by atoms with Gasteiger partial charge in [0, 0.05) is 19.4 Å². The number of rotatable bonds is 29. The third kappa shape index (κ3) is 23.2. The van der Waals surface area contributed by atoms with Crippen molar-refractivity contribution in [2.45, 2.75) is 168 Å². The third-order valence-corrected chi connectivity index (χ3v) is 7.96. The molecular weight excluding hydrogens is 492 g/mol. The highest BCUT2D eigenvalue weighted by atomic mass is 16.5. The maximum absolute atomic E-state index is 12.1. The fourth-order valence-electron chi connectivity index (χ4n) is 5.34. The summed E-state index contributed by atoms with van der Waals surface area (Å²) in [5.74, 6) is 1.20. The van der Waals surface area contributed by atoms with Crippen LogP contribution in [0.2, 0.25) is 0 Å². The molecule has 0 atom stereocenters. The minimum Gasteiger partial charge on any atom is -0.464 e. The van der Waals surface area contributed by atoms with Crippen molar-refractivity contribution < 1.29 is 9.53 Å². The lowest BCUT2D eigenvalue weighted by Gasteiger charge is -2.20. The van der Waals surface area contributed by atoms with Gasteiger partial charge in [-0.2, -0.15) is 0 Å². The van der Waals surface area contributed by atoms with E-state index in [4.69, 9.17) is 9.73 Å². The molecule has 1 rings (SSSR count). The standard InChI is InChI=1S/C36H66N2O2/c1-3-5-7-9-11-13-15-17-19-21-23-25-27-29-35-37-31-32-38(35)33-34-40-36(39)30-28-26-24-22-20-18-16-14-12-10-8-6-4-2/h13-16H,3-12,17-34H2,1-2H3/b15-13+,16-14+. The molecule has 0 saturated heterocycles. The van der Waals surface area contributed by atoms with Gasteiger partial charge in [-0.15, -0.1) is 0 Å². The van der Waals surface area contributed by atoms with E-state index in [9.17, 15) is 4.79 Å². The molecule has 1 heterocycles. The van der Waals surface area contributed by atoms with Crippen molar-refractivity contribution in [2.24, 2.45) is 4.99 Å². The van der Waals surface area contributed by atoms with E-state index in [2.05, 4.69) is 43.1 Å². The summed E-state index contributed by atoms with van der Waals surface area (Å²) in [4.78, 5) is 19.2. The molecule has 0 bridgehead atoms. The molecule has 1 aliphatic rings. The van der Waals surface area contributed by atoms with Gasteiger partial charge in [-0.05, 0) is 64.2 Å². The van der Waals surface area contributed by atoms with Crippen LogP contribution in [-0.2, 0) is 9.53 Å². The Hall–Kier alpha value is -1.58. The summed E-state index contributed by atoms with van der Waals surface area (Å²) in [6, 6.07) is 0. The lowest BCUT2D eigenvalue weighted by Crippen LogP contribution is -2.31. The van der Waals surface area contributed by atoms with Crippen LogP contribution in [0.4, 0.5) is 0 Å². The van der Waals surface area contributed by atoms with Gasteiger partial charge in [0.2, 0.25) is 0 Å². The first-order valence-electron chi connectivity index (χ1n) is 17.5. The number of esters is 1. The van der Waals surface area contributed by atoms with E-state index in [0.717, 1.165) is 38.9 Å². The summed E-state index contributed by atoms with van der Waals surface area (Å²) < 4.78 is 5.53. The molecule has 0 aromatic rings. The van der Waals surface area contributed by atoms with E-state index in [1.54, 1.807) is 0 Å². The van der Waals surface area contributed by atoms with Gasteiger partial charge < -0.3 is 9.64 Å². The summed E-state index contributed by atoms with van der Waals surface area (Å²) in [5, 5.41) is 0. The van der Waals surface area contributed by atoms with E-state index in [-0.39, 0.29) is 5.97 Å². The molecule has 0 aliphatic carbocycles. The number of carbonyl (C=O) groups is 1. The average Bonchev–Trinajstić information content (AvgIpc) is 3.41. The molecular formula is C36H66N2O2. The molecule has 0 N–H and O–H groups in total. The number of aliphatic imine (C=N–C) groups is 1. The maximum Gasteiger partial charge on any atom is 0.305 e. The third-order valence-electron chi connectivity index (χ3n) is 7.96. The van der Waals surface area contributed by atoms with Crippen molar-refractivity contribution in [3.05, 3.63) is 24.3 Å². The van der Waals surface area contributed by atoms with Crippen LogP contribution in [0.25, 0.3) is 0 Å². The van der Waals surface area contributed by atoms with Crippen LogP contribution in [-0.4, -0.2) is 42.9 Å². The van der Waals surface area contributed by atoms with E-state index in [0.29, 0.717) is 13.0 Å². The largest absolute Gasteiger partial charge is 0.464 e. The number of allylic oxidation sites excluding steroid dienone is 4. The first-order valence-corrected chi connectivity index (χ1v) is 17.5. The monoisotopic (exact) mass is 559 g/mol. The van der Waals surface area contributed by atoms with E-state index in [1.807, 2.05) is 0 Å². The molecule has 0 aromatic heterocycles. The summed E-state index contributed by atoms with van der Waals surface area (Å²) in [6.45, 7) is 7.69. The molecule has 0 fully saturated rings. The van der Waals surface area contributed by atoms with Crippen molar-refractivity contribution in [1.29, 1.82) is 0 Å². The van der Waals surface area contributed by atoms with Crippen molar-refractivity contribution in [3.63, 3.8) is 0 Å². The van der Waals surface area contributed by atoms with E-state index >= 15 is 0 Å². The Morgan fingerprint density at radius 2 is 1.15 bits per heavy atom. The number of carbonyl (C=O) groups excluding carboxylic acids is 1. The number of hydrogen-bond donors (Lipinski definition) is 0. The normalized spacial score (nSPS) is 13.7. The Labute approximate surface area is 249 Å². The fraction of sp³-hybridized carbons (Fsp3) is 0.833. The Bertz CT molecular complexity index is 655. The van der Waals surface area contributed by atoms with Crippen LogP contribution in [0, 0.1) is 0 Å². The smallest absolute Gasteiger partial charge is 0.305 e. The fourth-order valence-corrected chi connectivity index (χ4v) is 5.34. The van der Waals surface area contributed by atoms with Crippen LogP contribution in [0.15, 0.2) is 29.3 Å². The molecule has 4 nitrogen and oxygen atoms in total. The van der Waals surface area contributed by atoms with Crippen molar-refractivity contribution in [1.82, 2.24) is 4.90 Å². The second-order valence-corrected chi connectivity index (χ2v) is 11.8. The zero-order chi connectivity index (χ0) is 28.8. The number of hydrogen-bond acceptors (Lipinski definition) is 4. The first kappa shape index (κ1) is 36.4. The topological polar surface area (TPSA) is 41.9 Å².